The number of hydrogen-bond donors (Lipinski definition) is 2. The topological polar surface area (TPSA) is 92.7 Å². The van der Waals surface area contributed by atoms with Gasteiger partial charge >= 0.3 is 0 Å². The van der Waals surface area contributed by atoms with Crippen LogP contribution in [-0.2, 0) is 20.9 Å². The first-order valence-corrected chi connectivity index (χ1v) is 8.79. The summed E-state index contributed by atoms with van der Waals surface area (Å²) in [6.45, 7) is 2.65. The predicted octanol–water partition coefficient (Wildman–Crippen LogP) is 0.364. The fraction of sp³-hybridized carbons (Fsp3) is 0.421. The zero-order valence-corrected chi connectivity index (χ0v) is 15.7. The zero-order chi connectivity index (χ0) is 19.6. The molecule has 8 nitrogen and oxygen atoms in total. The molecular formula is C19H24N4O4. The molecular weight excluding hydrogens is 348 g/mol. The van der Waals surface area contributed by atoms with Gasteiger partial charge in [0.25, 0.3) is 5.91 Å². The number of amides is 3. The highest BCUT2D eigenvalue weighted by molar-refractivity contribution is 6.03. The maximum Gasteiger partial charge on any atom is 0.271 e. The lowest BCUT2D eigenvalue weighted by atomic mass is 9.95. The van der Waals surface area contributed by atoms with E-state index in [0.29, 0.717) is 25.4 Å². The summed E-state index contributed by atoms with van der Waals surface area (Å²) < 4.78 is 6.74. The monoisotopic (exact) mass is 372 g/mol. The van der Waals surface area contributed by atoms with E-state index in [-0.39, 0.29) is 24.3 Å². The zero-order valence-electron chi connectivity index (χ0n) is 15.7. The van der Waals surface area contributed by atoms with Gasteiger partial charge in [0, 0.05) is 31.6 Å². The van der Waals surface area contributed by atoms with Crippen LogP contribution >= 0.6 is 0 Å². The Morgan fingerprint density at radius 3 is 2.74 bits per heavy atom. The maximum absolute atomic E-state index is 12.9. The van der Waals surface area contributed by atoms with E-state index in [0.717, 1.165) is 10.9 Å². The molecule has 2 N–H and O–H groups in total. The summed E-state index contributed by atoms with van der Waals surface area (Å²) in [6.07, 6.45) is 0. The minimum absolute atomic E-state index is 0.153. The Kier molecular flexibility index (Phi) is 5.18. The predicted molar refractivity (Wildman–Crippen MR) is 100 cm³/mol. The first kappa shape index (κ1) is 18.9. The summed E-state index contributed by atoms with van der Waals surface area (Å²) in [6, 6.07) is 9.53. The van der Waals surface area contributed by atoms with Crippen LogP contribution < -0.4 is 10.6 Å². The molecule has 0 radical (unpaired) electrons. The Morgan fingerprint density at radius 2 is 2.00 bits per heavy atom. The summed E-state index contributed by atoms with van der Waals surface area (Å²) in [5, 5.41) is 6.24. The molecule has 27 heavy (non-hydrogen) atoms. The van der Waals surface area contributed by atoms with Crippen LogP contribution in [0.3, 0.4) is 0 Å². The minimum atomic E-state index is -1.10. The number of hydrogen-bond acceptors (Lipinski definition) is 4. The lowest BCUT2D eigenvalue weighted by molar-refractivity contribution is -0.134. The third kappa shape index (κ3) is 3.40. The lowest BCUT2D eigenvalue weighted by Crippen LogP contribution is -2.63. The second-order valence-electron chi connectivity index (χ2n) is 6.84. The molecule has 3 amide bonds. The molecule has 3 rings (SSSR count). The molecule has 1 aliphatic rings. The average Bonchev–Trinajstić information content (AvgIpc) is 3.03. The van der Waals surface area contributed by atoms with E-state index in [4.69, 9.17) is 4.74 Å². The van der Waals surface area contributed by atoms with E-state index >= 15 is 0 Å². The molecule has 0 bridgehead atoms. The average molecular weight is 372 g/mol. The van der Waals surface area contributed by atoms with Crippen molar-refractivity contribution < 1.29 is 19.1 Å². The molecule has 1 atom stereocenters. The van der Waals surface area contributed by atoms with Gasteiger partial charge in [-0.15, -0.1) is 0 Å². The normalized spacial score (nSPS) is 19.1. The van der Waals surface area contributed by atoms with Gasteiger partial charge in [-0.1, -0.05) is 18.2 Å². The van der Waals surface area contributed by atoms with Crippen molar-refractivity contribution in [2.24, 2.45) is 0 Å². The number of para-hydroxylation sites is 1. The molecule has 8 heteroatoms. The van der Waals surface area contributed by atoms with Crippen LogP contribution in [0.5, 0.6) is 0 Å². The van der Waals surface area contributed by atoms with E-state index in [9.17, 15) is 14.4 Å². The second kappa shape index (κ2) is 7.40. The number of rotatable bonds is 6. The Bertz CT molecular complexity index is 891. The van der Waals surface area contributed by atoms with Gasteiger partial charge in [-0.2, -0.15) is 0 Å². The van der Waals surface area contributed by atoms with Crippen LogP contribution in [0.15, 0.2) is 30.3 Å². The van der Waals surface area contributed by atoms with Crippen LogP contribution in [0.25, 0.3) is 10.9 Å². The molecule has 1 aromatic heterocycles. The van der Waals surface area contributed by atoms with Crippen molar-refractivity contribution in [3.63, 3.8) is 0 Å². The van der Waals surface area contributed by atoms with Crippen molar-refractivity contribution in [3.8, 4) is 0 Å². The summed E-state index contributed by atoms with van der Waals surface area (Å²) in [4.78, 5) is 39.0. The third-order valence-electron chi connectivity index (χ3n) is 5.07. The number of aromatic nitrogens is 1. The highest BCUT2D eigenvalue weighted by Gasteiger charge is 2.45. The number of likely N-dealkylation sites (N-methyl/N-ethyl adjacent to an activating group) is 1. The van der Waals surface area contributed by atoms with E-state index in [1.807, 2.05) is 34.9 Å². The Morgan fingerprint density at radius 1 is 1.26 bits per heavy atom. The number of methoxy groups -OCH3 is 1. The number of fused-ring (bicyclic) bond motifs is 3. The van der Waals surface area contributed by atoms with Crippen molar-refractivity contribution in [1.82, 2.24) is 20.1 Å². The largest absolute Gasteiger partial charge is 0.383 e. The highest BCUT2D eigenvalue weighted by Crippen LogP contribution is 2.31. The molecule has 0 aliphatic carbocycles. The first-order chi connectivity index (χ1) is 12.9. The number of ether oxygens (including phenoxy) is 1. The van der Waals surface area contributed by atoms with Crippen LogP contribution in [0.1, 0.15) is 17.4 Å². The Labute approximate surface area is 157 Å². The van der Waals surface area contributed by atoms with Gasteiger partial charge in [-0.3, -0.25) is 14.4 Å². The van der Waals surface area contributed by atoms with Gasteiger partial charge in [0.2, 0.25) is 11.8 Å². The number of benzene rings is 1. The fourth-order valence-corrected chi connectivity index (χ4v) is 3.30. The molecule has 0 fully saturated rings. The van der Waals surface area contributed by atoms with E-state index < -0.39 is 5.54 Å². The van der Waals surface area contributed by atoms with Crippen LogP contribution in [0.2, 0.25) is 0 Å². The maximum atomic E-state index is 12.9. The fourth-order valence-electron chi connectivity index (χ4n) is 3.30. The molecule has 0 spiro atoms. The lowest BCUT2D eigenvalue weighted by Gasteiger charge is -2.41. The molecule has 2 aromatic rings. The standard InChI is InChI=1S/C19H24N4O4/c1-19(18(26)21-11-16(24)20-8-9-27-3)12-23-14-7-5-4-6-13(14)10-15(23)17(25)22(19)2/h4-7,10H,8-9,11-12H2,1-3H3,(H,20,24)(H,21,26)/t19-/m1/s1. The highest BCUT2D eigenvalue weighted by atomic mass is 16.5. The minimum Gasteiger partial charge on any atom is -0.383 e. The van der Waals surface area contributed by atoms with Crippen LogP contribution in [0.4, 0.5) is 0 Å². The van der Waals surface area contributed by atoms with E-state index in [2.05, 4.69) is 10.6 Å². The van der Waals surface area contributed by atoms with Crippen molar-refractivity contribution >= 4 is 28.6 Å². The number of carbonyl (C=O) groups is 3. The van der Waals surface area contributed by atoms with Gasteiger partial charge in [0.1, 0.15) is 11.2 Å². The smallest absolute Gasteiger partial charge is 0.271 e. The number of nitrogens with one attached hydrogen (secondary N) is 2. The SMILES string of the molecule is COCCNC(=O)CNC(=O)[C@@]1(C)Cn2c(cc3ccccc32)C(=O)N1C. The van der Waals surface area contributed by atoms with E-state index in [1.165, 1.54) is 4.90 Å². The Balaban J connectivity index is 1.78. The number of nitrogens with zero attached hydrogens (tertiary/aromatic N) is 2. The molecule has 1 aliphatic heterocycles. The molecule has 0 unspecified atom stereocenters. The summed E-state index contributed by atoms with van der Waals surface area (Å²) in [5.41, 5.74) is 0.366. The first-order valence-electron chi connectivity index (χ1n) is 8.79. The summed E-state index contributed by atoms with van der Waals surface area (Å²) in [5.74, 6) is -0.899. The van der Waals surface area contributed by atoms with Crippen LogP contribution in [-0.4, -0.2) is 66.6 Å². The molecule has 0 saturated heterocycles. The summed E-state index contributed by atoms with van der Waals surface area (Å²) >= 11 is 0. The Hall–Kier alpha value is -2.87. The van der Waals surface area contributed by atoms with Crippen molar-refractivity contribution in [1.29, 1.82) is 0 Å². The van der Waals surface area contributed by atoms with Crippen LogP contribution in [0, 0.1) is 0 Å². The van der Waals surface area contributed by atoms with Gasteiger partial charge in [0.15, 0.2) is 0 Å². The van der Waals surface area contributed by atoms with Crippen molar-refractivity contribution in [3.05, 3.63) is 36.0 Å². The molecule has 0 saturated carbocycles. The van der Waals surface area contributed by atoms with Crippen molar-refractivity contribution in [2.45, 2.75) is 19.0 Å². The quantitative estimate of drug-likeness (QED) is 0.717. The van der Waals surface area contributed by atoms with Gasteiger partial charge in [-0.25, -0.2) is 0 Å². The van der Waals surface area contributed by atoms with Gasteiger partial charge < -0.3 is 24.8 Å². The molecule has 2 heterocycles. The van der Waals surface area contributed by atoms with Crippen molar-refractivity contribution in [2.75, 3.05) is 33.9 Å². The van der Waals surface area contributed by atoms with Gasteiger partial charge in [-0.05, 0) is 19.1 Å². The second-order valence-corrected chi connectivity index (χ2v) is 6.84. The molecule has 1 aromatic carbocycles. The van der Waals surface area contributed by atoms with E-state index in [1.54, 1.807) is 21.1 Å². The summed E-state index contributed by atoms with van der Waals surface area (Å²) in [7, 11) is 3.16. The third-order valence-corrected chi connectivity index (χ3v) is 5.07. The molecule has 144 valence electrons. The van der Waals surface area contributed by atoms with Gasteiger partial charge in [0.05, 0.1) is 19.7 Å². The number of carbonyl (C=O) groups excluding carboxylic acids is 3.